The van der Waals surface area contributed by atoms with Crippen molar-refractivity contribution in [2.45, 2.75) is 0 Å². The second kappa shape index (κ2) is 7.38. The molecular weight excluding hydrogens is 372 g/mol. The Morgan fingerprint density at radius 3 is 1.50 bits per heavy atom. The molecule has 26 heavy (non-hydrogen) atoms. The van der Waals surface area contributed by atoms with Gasteiger partial charge in [-0.15, -0.1) is 8.75 Å². The Balaban J connectivity index is 1.52. The molecule has 2 aromatic carbocycles. The van der Waals surface area contributed by atoms with Crippen molar-refractivity contribution >= 4 is 29.6 Å². The number of carbonyl (C=O) groups is 1. The Kier molecular flexibility index (Phi) is 4.63. The summed E-state index contributed by atoms with van der Waals surface area (Å²) >= 11 is 1.90. The maximum atomic E-state index is 12.2. The molecule has 0 fully saturated rings. The van der Waals surface area contributed by atoms with Crippen LogP contribution in [0.3, 0.4) is 0 Å². The van der Waals surface area contributed by atoms with Crippen LogP contribution in [0, 0.1) is 0 Å². The van der Waals surface area contributed by atoms with Crippen molar-refractivity contribution in [3.8, 4) is 34.3 Å². The molecule has 0 saturated heterocycles. The van der Waals surface area contributed by atoms with E-state index in [4.69, 9.17) is 9.47 Å². The monoisotopic (exact) mass is 382 g/mol. The van der Waals surface area contributed by atoms with Crippen LogP contribution < -0.4 is 9.47 Å². The molecule has 0 spiro atoms. The van der Waals surface area contributed by atoms with Crippen molar-refractivity contribution in [3.63, 3.8) is 0 Å². The van der Waals surface area contributed by atoms with Crippen molar-refractivity contribution < 1.29 is 14.3 Å². The molecule has 4 rings (SSSR count). The van der Waals surface area contributed by atoms with Crippen molar-refractivity contribution in [2.75, 3.05) is 0 Å². The molecule has 0 aliphatic rings. The smallest absolute Gasteiger partial charge is 0.372 e. The van der Waals surface area contributed by atoms with Crippen LogP contribution in [0.4, 0.5) is 4.79 Å². The molecule has 0 radical (unpaired) electrons. The molecule has 0 N–H and O–H groups in total. The number of nitrogens with zero attached hydrogens (tertiary/aromatic N) is 4. The van der Waals surface area contributed by atoms with E-state index in [2.05, 4.69) is 17.5 Å². The van der Waals surface area contributed by atoms with Crippen LogP contribution in [-0.2, 0) is 0 Å². The van der Waals surface area contributed by atoms with E-state index in [1.807, 2.05) is 60.7 Å². The minimum absolute atomic E-state index is 0.0932. The van der Waals surface area contributed by atoms with Crippen LogP contribution in [0.15, 0.2) is 60.7 Å². The van der Waals surface area contributed by atoms with Crippen molar-refractivity contribution in [1.29, 1.82) is 0 Å². The zero-order valence-electron chi connectivity index (χ0n) is 13.1. The van der Waals surface area contributed by atoms with Gasteiger partial charge in [0, 0.05) is 11.1 Å². The van der Waals surface area contributed by atoms with Gasteiger partial charge in [0.15, 0.2) is 0 Å². The van der Waals surface area contributed by atoms with E-state index >= 15 is 0 Å². The lowest BCUT2D eigenvalue weighted by Gasteiger charge is -2.04. The first-order valence-corrected chi connectivity index (χ1v) is 8.93. The molecule has 2 aromatic heterocycles. The Labute approximate surface area is 156 Å². The maximum absolute atomic E-state index is 12.2. The fourth-order valence-electron chi connectivity index (χ4n) is 2.22. The van der Waals surface area contributed by atoms with Crippen LogP contribution in [0.5, 0.6) is 11.8 Å². The van der Waals surface area contributed by atoms with Gasteiger partial charge in [-0.3, -0.25) is 0 Å². The fraction of sp³-hybridized carbons (Fsp3) is 0. The van der Waals surface area contributed by atoms with Gasteiger partial charge in [0.05, 0.1) is 23.5 Å². The first-order valence-electron chi connectivity index (χ1n) is 7.47. The summed E-state index contributed by atoms with van der Waals surface area (Å²) in [7, 11) is 0. The molecule has 128 valence electrons. The van der Waals surface area contributed by atoms with Gasteiger partial charge < -0.3 is 9.47 Å². The van der Waals surface area contributed by atoms with E-state index in [1.165, 1.54) is 0 Å². The third-order valence-corrected chi connectivity index (χ3v) is 4.39. The molecule has 7 nitrogen and oxygen atoms in total. The lowest BCUT2D eigenvalue weighted by molar-refractivity contribution is 0.149. The van der Waals surface area contributed by atoms with Crippen LogP contribution in [0.2, 0.25) is 0 Å². The van der Waals surface area contributed by atoms with Gasteiger partial charge in [0.25, 0.3) is 11.8 Å². The summed E-state index contributed by atoms with van der Waals surface area (Å²) in [5.74, 6) is 0.186. The minimum Gasteiger partial charge on any atom is -0.372 e. The van der Waals surface area contributed by atoms with Gasteiger partial charge in [-0.2, -0.15) is 8.75 Å². The topological polar surface area (TPSA) is 87.1 Å². The highest BCUT2D eigenvalue weighted by atomic mass is 32.1. The average molecular weight is 382 g/mol. The number of carbonyl (C=O) groups excluding carboxylic acids is 1. The summed E-state index contributed by atoms with van der Waals surface area (Å²) in [5.41, 5.74) is 2.55. The number of hydrogen-bond donors (Lipinski definition) is 0. The maximum Gasteiger partial charge on any atom is 0.522 e. The summed E-state index contributed by atoms with van der Waals surface area (Å²) < 4.78 is 26.8. The summed E-state index contributed by atoms with van der Waals surface area (Å²) in [6, 6.07) is 18.7. The number of benzene rings is 2. The lowest BCUT2D eigenvalue weighted by atomic mass is 10.2. The molecule has 0 bridgehead atoms. The highest BCUT2D eigenvalue weighted by Crippen LogP contribution is 2.30. The second-order valence-corrected chi connectivity index (χ2v) is 6.08. The van der Waals surface area contributed by atoms with E-state index < -0.39 is 6.16 Å². The molecule has 0 atom stereocenters. The van der Waals surface area contributed by atoms with Gasteiger partial charge in [-0.05, 0) is 0 Å². The Hall–Kier alpha value is -3.17. The van der Waals surface area contributed by atoms with Gasteiger partial charge in [-0.1, -0.05) is 60.7 Å². The summed E-state index contributed by atoms with van der Waals surface area (Å²) in [4.78, 5) is 12.2. The minimum atomic E-state index is -0.945. The fourth-order valence-corrected chi connectivity index (χ4v) is 3.23. The van der Waals surface area contributed by atoms with Crippen LogP contribution in [0.25, 0.3) is 22.5 Å². The number of hydrogen-bond acceptors (Lipinski definition) is 9. The van der Waals surface area contributed by atoms with Crippen molar-refractivity contribution in [2.24, 2.45) is 0 Å². The third kappa shape index (κ3) is 3.44. The highest BCUT2D eigenvalue weighted by molar-refractivity contribution is 6.99. The second-order valence-electron chi connectivity index (χ2n) is 5.02. The molecular formula is C17H10N4O3S2. The quantitative estimate of drug-likeness (QED) is 0.486. The average Bonchev–Trinajstić information content (AvgIpc) is 3.32. The standard InChI is InChI=1S/C17H10N4O3S2/c22-17(23-15-13(18-25-20-15)11-7-3-1-4-8-11)24-16-14(19-26-21-16)12-9-5-2-6-10-12/h1-10H. The van der Waals surface area contributed by atoms with Crippen LogP contribution in [-0.4, -0.2) is 23.6 Å². The van der Waals surface area contributed by atoms with Crippen molar-refractivity contribution in [3.05, 3.63) is 60.7 Å². The molecule has 0 amide bonds. The molecule has 9 heteroatoms. The Morgan fingerprint density at radius 1 is 0.654 bits per heavy atom. The SMILES string of the molecule is O=C(Oc1nsnc1-c1ccccc1)Oc1nsnc1-c1ccccc1. The summed E-state index contributed by atoms with van der Waals surface area (Å²) in [5, 5.41) is 0. The molecule has 0 aliphatic carbocycles. The van der Waals surface area contributed by atoms with Crippen molar-refractivity contribution in [1.82, 2.24) is 17.5 Å². The summed E-state index contributed by atoms with van der Waals surface area (Å²) in [6.45, 7) is 0. The van der Waals surface area contributed by atoms with Crippen LogP contribution >= 0.6 is 23.5 Å². The Morgan fingerprint density at radius 2 is 1.08 bits per heavy atom. The molecule has 2 heterocycles. The van der Waals surface area contributed by atoms with E-state index in [0.29, 0.717) is 11.4 Å². The molecule has 4 aromatic rings. The van der Waals surface area contributed by atoms with E-state index in [-0.39, 0.29) is 11.8 Å². The predicted octanol–water partition coefficient (Wildman–Crippen LogP) is 4.30. The first kappa shape index (κ1) is 16.3. The van der Waals surface area contributed by atoms with Gasteiger partial charge >= 0.3 is 6.16 Å². The number of aromatic nitrogens is 4. The van der Waals surface area contributed by atoms with Gasteiger partial charge in [0.2, 0.25) is 0 Å². The molecule has 0 saturated carbocycles. The highest BCUT2D eigenvalue weighted by Gasteiger charge is 2.20. The molecule has 0 unspecified atom stereocenters. The number of rotatable bonds is 4. The van der Waals surface area contributed by atoms with E-state index in [0.717, 1.165) is 34.6 Å². The predicted molar refractivity (Wildman–Crippen MR) is 97.3 cm³/mol. The molecule has 0 aliphatic heterocycles. The lowest BCUT2D eigenvalue weighted by Crippen LogP contribution is -2.15. The van der Waals surface area contributed by atoms with E-state index in [9.17, 15) is 4.79 Å². The van der Waals surface area contributed by atoms with Gasteiger partial charge in [-0.25, -0.2) is 4.79 Å². The first-order chi connectivity index (χ1) is 12.8. The van der Waals surface area contributed by atoms with Crippen LogP contribution in [0.1, 0.15) is 0 Å². The zero-order chi connectivity index (χ0) is 17.8. The van der Waals surface area contributed by atoms with E-state index in [1.54, 1.807) is 0 Å². The summed E-state index contributed by atoms with van der Waals surface area (Å²) in [6.07, 6.45) is -0.945. The normalized spacial score (nSPS) is 10.5. The third-order valence-electron chi connectivity index (χ3n) is 3.37. The van der Waals surface area contributed by atoms with Gasteiger partial charge in [0.1, 0.15) is 11.4 Å². The zero-order valence-corrected chi connectivity index (χ0v) is 14.7. The Bertz CT molecular complexity index is 937. The largest absolute Gasteiger partial charge is 0.522 e. The number of ether oxygens (including phenoxy) is 2.